The van der Waals surface area contributed by atoms with Crippen LogP contribution in [-0.4, -0.2) is 15.0 Å². The Labute approximate surface area is 103 Å². The molecule has 0 bridgehead atoms. The predicted octanol–water partition coefficient (Wildman–Crippen LogP) is 1.92. The number of hydrogen-bond donors (Lipinski definition) is 2. The average Bonchev–Trinajstić information content (AvgIpc) is 2.80. The Morgan fingerprint density at radius 1 is 1.33 bits per heavy atom. The van der Waals surface area contributed by atoms with Crippen molar-refractivity contribution in [1.29, 1.82) is 0 Å². The standard InChI is InChI=1S/C8H6F3N5OS/c9-8(10,11)6-14-4(16-12)3-5(15-6)18-7-13-1-2-17-7/h1-3H,12H2,(H,14,15,16). The maximum Gasteiger partial charge on any atom is 0.451 e. The molecular formula is C8H6F3N5OS. The van der Waals surface area contributed by atoms with Gasteiger partial charge in [0.25, 0.3) is 5.22 Å². The summed E-state index contributed by atoms with van der Waals surface area (Å²) in [6.45, 7) is 0. The molecule has 0 spiro atoms. The van der Waals surface area contributed by atoms with Gasteiger partial charge >= 0.3 is 6.18 Å². The second-order valence-corrected chi connectivity index (χ2v) is 3.93. The highest BCUT2D eigenvalue weighted by Crippen LogP contribution is 2.31. The maximum absolute atomic E-state index is 12.5. The van der Waals surface area contributed by atoms with Crippen molar-refractivity contribution in [2.45, 2.75) is 16.4 Å². The fourth-order valence-corrected chi connectivity index (χ4v) is 1.73. The lowest BCUT2D eigenvalue weighted by atomic mass is 10.5. The van der Waals surface area contributed by atoms with Gasteiger partial charge in [0, 0.05) is 6.07 Å². The van der Waals surface area contributed by atoms with E-state index in [9.17, 15) is 13.2 Å². The minimum atomic E-state index is -4.65. The van der Waals surface area contributed by atoms with E-state index in [1.807, 2.05) is 5.43 Å². The molecule has 96 valence electrons. The van der Waals surface area contributed by atoms with E-state index in [1.54, 1.807) is 0 Å². The number of oxazole rings is 1. The zero-order chi connectivity index (χ0) is 13.2. The van der Waals surface area contributed by atoms with Gasteiger partial charge in [0.2, 0.25) is 5.82 Å². The van der Waals surface area contributed by atoms with Crippen LogP contribution in [-0.2, 0) is 6.18 Å². The van der Waals surface area contributed by atoms with E-state index < -0.39 is 12.0 Å². The summed E-state index contributed by atoms with van der Waals surface area (Å²) in [6.07, 6.45) is -1.98. The Kier molecular flexibility index (Phi) is 3.39. The number of hydrogen-bond acceptors (Lipinski definition) is 7. The highest BCUT2D eigenvalue weighted by molar-refractivity contribution is 7.99. The summed E-state index contributed by atoms with van der Waals surface area (Å²) in [4.78, 5) is 10.3. The summed E-state index contributed by atoms with van der Waals surface area (Å²) >= 11 is 0.830. The van der Waals surface area contributed by atoms with Crippen molar-refractivity contribution in [2.24, 2.45) is 5.84 Å². The highest BCUT2D eigenvalue weighted by atomic mass is 32.2. The molecule has 0 aromatic carbocycles. The minimum Gasteiger partial charge on any atom is -0.440 e. The number of nitrogens with zero attached hydrogens (tertiary/aromatic N) is 3. The van der Waals surface area contributed by atoms with Crippen LogP contribution >= 0.6 is 11.8 Å². The number of aromatic nitrogens is 3. The Morgan fingerprint density at radius 2 is 2.11 bits per heavy atom. The molecule has 0 aliphatic carbocycles. The maximum atomic E-state index is 12.5. The topological polar surface area (TPSA) is 89.9 Å². The van der Waals surface area contributed by atoms with Gasteiger partial charge in [-0.15, -0.1) is 0 Å². The number of nitrogen functional groups attached to an aromatic ring is 1. The number of alkyl halides is 3. The van der Waals surface area contributed by atoms with Crippen molar-refractivity contribution >= 4 is 17.6 Å². The van der Waals surface area contributed by atoms with Crippen LogP contribution in [0, 0.1) is 0 Å². The lowest BCUT2D eigenvalue weighted by Gasteiger charge is -2.08. The SMILES string of the molecule is NNc1cc(Sc2ncco2)nc(C(F)(F)F)n1. The van der Waals surface area contributed by atoms with E-state index in [-0.39, 0.29) is 16.1 Å². The molecule has 2 heterocycles. The number of nitrogens with two attached hydrogens (primary N) is 1. The third kappa shape index (κ3) is 2.90. The van der Waals surface area contributed by atoms with Crippen LogP contribution in [0.25, 0.3) is 0 Å². The van der Waals surface area contributed by atoms with Crippen LogP contribution in [0.1, 0.15) is 5.82 Å². The zero-order valence-corrected chi connectivity index (χ0v) is 9.42. The normalized spacial score (nSPS) is 11.6. The van der Waals surface area contributed by atoms with Gasteiger partial charge in [-0.05, 0) is 11.8 Å². The first-order valence-corrected chi connectivity index (χ1v) is 5.31. The second-order valence-electron chi connectivity index (χ2n) is 2.96. The molecule has 6 nitrogen and oxygen atoms in total. The molecule has 0 unspecified atom stereocenters. The van der Waals surface area contributed by atoms with Crippen LogP contribution < -0.4 is 11.3 Å². The van der Waals surface area contributed by atoms with E-state index >= 15 is 0 Å². The molecule has 2 aromatic heterocycles. The fraction of sp³-hybridized carbons (Fsp3) is 0.125. The quantitative estimate of drug-likeness (QED) is 0.503. The zero-order valence-electron chi connectivity index (χ0n) is 8.60. The predicted molar refractivity (Wildman–Crippen MR) is 55.5 cm³/mol. The smallest absolute Gasteiger partial charge is 0.440 e. The lowest BCUT2D eigenvalue weighted by Crippen LogP contribution is -2.16. The van der Waals surface area contributed by atoms with Crippen molar-refractivity contribution in [1.82, 2.24) is 15.0 Å². The van der Waals surface area contributed by atoms with Crippen molar-refractivity contribution in [3.05, 3.63) is 24.4 Å². The monoisotopic (exact) mass is 277 g/mol. The van der Waals surface area contributed by atoms with Gasteiger partial charge in [-0.3, -0.25) is 0 Å². The van der Waals surface area contributed by atoms with Crippen molar-refractivity contribution in [2.75, 3.05) is 5.43 Å². The number of halogens is 3. The molecule has 18 heavy (non-hydrogen) atoms. The van der Waals surface area contributed by atoms with Crippen LogP contribution in [0.15, 0.2) is 33.2 Å². The van der Waals surface area contributed by atoms with Crippen LogP contribution in [0.5, 0.6) is 0 Å². The molecule has 2 rings (SSSR count). The molecule has 0 aliphatic heterocycles. The van der Waals surface area contributed by atoms with Gasteiger partial charge in [-0.25, -0.2) is 20.8 Å². The molecular weight excluding hydrogens is 271 g/mol. The molecule has 2 aromatic rings. The molecule has 10 heteroatoms. The number of rotatable bonds is 3. The van der Waals surface area contributed by atoms with E-state index in [4.69, 9.17) is 10.3 Å². The first-order chi connectivity index (χ1) is 8.49. The molecule has 0 aliphatic rings. The van der Waals surface area contributed by atoms with Crippen molar-refractivity contribution < 1.29 is 17.6 Å². The first kappa shape index (κ1) is 12.6. The van der Waals surface area contributed by atoms with Gasteiger partial charge in [-0.2, -0.15) is 13.2 Å². The van der Waals surface area contributed by atoms with E-state index in [2.05, 4.69) is 15.0 Å². The van der Waals surface area contributed by atoms with Gasteiger partial charge in [0.1, 0.15) is 17.1 Å². The molecule has 0 saturated carbocycles. The highest BCUT2D eigenvalue weighted by Gasteiger charge is 2.35. The molecule has 0 saturated heterocycles. The van der Waals surface area contributed by atoms with E-state index in [1.165, 1.54) is 18.5 Å². The molecule has 3 N–H and O–H groups in total. The summed E-state index contributed by atoms with van der Waals surface area (Å²) < 4.78 is 42.5. The number of hydrazine groups is 1. The molecule has 0 amide bonds. The first-order valence-electron chi connectivity index (χ1n) is 4.49. The van der Waals surface area contributed by atoms with Crippen molar-refractivity contribution in [3.8, 4) is 0 Å². The Bertz CT molecular complexity index is 530. The van der Waals surface area contributed by atoms with Crippen LogP contribution in [0.4, 0.5) is 19.0 Å². The van der Waals surface area contributed by atoms with Crippen molar-refractivity contribution in [3.63, 3.8) is 0 Å². The summed E-state index contributed by atoms with van der Waals surface area (Å²) in [5.74, 6) is 3.62. The summed E-state index contributed by atoms with van der Waals surface area (Å²) in [5, 5.41) is 0.192. The Morgan fingerprint density at radius 3 is 2.67 bits per heavy atom. The third-order valence-corrected chi connectivity index (χ3v) is 2.50. The largest absolute Gasteiger partial charge is 0.451 e. The van der Waals surface area contributed by atoms with E-state index in [0.29, 0.717) is 0 Å². The van der Waals surface area contributed by atoms with Crippen LogP contribution in [0.3, 0.4) is 0 Å². The summed E-state index contributed by atoms with van der Waals surface area (Å²) in [7, 11) is 0. The second kappa shape index (κ2) is 4.82. The Hall–Kier alpha value is -1.81. The van der Waals surface area contributed by atoms with Gasteiger partial charge in [0.05, 0.1) is 6.20 Å². The van der Waals surface area contributed by atoms with Gasteiger partial charge < -0.3 is 9.84 Å². The Balaban J connectivity index is 2.35. The average molecular weight is 277 g/mol. The summed E-state index contributed by atoms with van der Waals surface area (Å²) in [6, 6.07) is 1.25. The lowest BCUT2D eigenvalue weighted by molar-refractivity contribution is -0.145. The number of anilines is 1. The molecule has 0 radical (unpaired) electrons. The molecule has 0 fully saturated rings. The van der Waals surface area contributed by atoms with Gasteiger partial charge in [-0.1, -0.05) is 0 Å². The number of nitrogens with one attached hydrogen (secondary N) is 1. The minimum absolute atomic E-state index is 0.0210. The van der Waals surface area contributed by atoms with Gasteiger partial charge in [0.15, 0.2) is 0 Å². The third-order valence-electron chi connectivity index (χ3n) is 1.71. The van der Waals surface area contributed by atoms with Crippen LogP contribution in [0.2, 0.25) is 0 Å². The van der Waals surface area contributed by atoms with E-state index in [0.717, 1.165) is 11.8 Å². The fourth-order valence-electron chi connectivity index (χ4n) is 1.03. The summed E-state index contributed by atoms with van der Waals surface area (Å²) in [5.41, 5.74) is 2.04. The molecule has 0 atom stereocenters.